The Hall–Kier alpha value is -2.94. The first-order chi connectivity index (χ1) is 11.7. The highest BCUT2D eigenvalue weighted by molar-refractivity contribution is 5.88. The summed E-state index contributed by atoms with van der Waals surface area (Å²) in [5.41, 5.74) is 3.17. The van der Waals surface area contributed by atoms with E-state index in [1.165, 1.54) is 19.8 Å². The maximum absolute atomic E-state index is 12.1. The van der Waals surface area contributed by atoms with Crippen LogP contribution in [0.25, 0.3) is 10.9 Å². The molecule has 1 N–H and O–H groups in total. The van der Waals surface area contributed by atoms with Crippen LogP contribution in [0.4, 0.5) is 4.79 Å². The van der Waals surface area contributed by atoms with Crippen molar-refractivity contribution in [2.75, 3.05) is 20.8 Å². The van der Waals surface area contributed by atoms with Gasteiger partial charge in [-0.1, -0.05) is 24.1 Å². The number of hydrogen-bond donors (Lipinski definition) is 1. The van der Waals surface area contributed by atoms with Gasteiger partial charge in [0.2, 0.25) is 0 Å². The molecule has 6 heteroatoms. The fourth-order valence-corrected chi connectivity index (χ4v) is 3.14. The van der Waals surface area contributed by atoms with Gasteiger partial charge >= 0.3 is 12.1 Å². The number of H-pyrrole nitrogens is 1. The Balaban J connectivity index is 2.00. The average Bonchev–Trinajstić information content (AvgIpc) is 3.00. The maximum atomic E-state index is 12.1. The van der Waals surface area contributed by atoms with Gasteiger partial charge < -0.3 is 14.5 Å². The normalized spacial score (nSPS) is 16.1. The number of nitrogens with one attached hydrogen (secondary N) is 1. The van der Waals surface area contributed by atoms with Crippen molar-refractivity contribution in [2.24, 2.45) is 0 Å². The molecule has 1 aromatic carbocycles. The van der Waals surface area contributed by atoms with Crippen molar-refractivity contribution in [2.45, 2.75) is 18.9 Å². The first-order valence-corrected chi connectivity index (χ1v) is 7.66. The second-order valence-electron chi connectivity index (χ2n) is 5.49. The van der Waals surface area contributed by atoms with Gasteiger partial charge in [0.15, 0.2) is 0 Å². The van der Waals surface area contributed by atoms with Gasteiger partial charge in [0, 0.05) is 35.5 Å². The van der Waals surface area contributed by atoms with E-state index in [0.717, 1.165) is 23.0 Å². The largest absolute Gasteiger partial charge is 0.459 e. The molecule has 0 saturated heterocycles. The number of benzene rings is 1. The summed E-state index contributed by atoms with van der Waals surface area (Å²) in [6.45, 7) is 0.548. The first kappa shape index (κ1) is 15.9. The van der Waals surface area contributed by atoms with Crippen LogP contribution >= 0.6 is 0 Å². The van der Waals surface area contributed by atoms with Gasteiger partial charge in [-0.2, -0.15) is 0 Å². The van der Waals surface area contributed by atoms with Crippen molar-refractivity contribution in [3.8, 4) is 11.8 Å². The number of carbonyl (C=O) groups excluding carboxylic acids is 2. The molecule has 6 nitrogen and oxygen atoms in total. The lowest BCUT2D eigenvalue weighted by Gasteiger charge is -2.33. The molecule has 124 valence electrons. The summed E-state index contributed by atoms with van der Waals surface area (Å²) in [4.78, 5) is 28.3. The number of fused-ring (bicyclic) bond motifs is 3. The number of nitrogens with zero attached hydrogens (tertiary/aromatic N) is 1. The molecule has 1 aliphatic heterocycles. The molecule has 2 aromatic rings. The maximum Gasteiger partial charge on any atom is 0.410 e. The molecule has 0 bridgehead atoms. The number of aromatic amines is 1. The molecule has 24 heavy (non-hydrogen) atoms. The van der Waals surface area contributed by atoms with Gasteiger partial charge in [0.25, 0.3) is 0 Å². The van der Waals surface area contributed by atoms with Crippen molar-refractivity contribution in [3.63, 3.8) is 0 Å². The highest BCUT2D eigenvalue weighted by Gasteiger charge is 2.33. The van der Waals surface area contributed by atoms with E-state index in [0.29, 0.717) is 13.0 Å². The third kappa shape index (κ3) is 2.81. The molecule has 1 atom stereocenters. The SMILES string of the molecule is COC(=O)C#CC[C@H]1c2[nH]c3ccccc3c2CCN1C(=O)OC. The summed E-state index contributed by atoms with van der Waals surface area (Å²) < 4.78 is 9.42. The number of carbonyl (C=O) groups is 2. The van der Waals surface area contributed by atoms with Crippen molar-refractivity contribution >= 4 is 23.0 Å². The number of hydrogen-bond acceptors (Lipinski definition) is 4. The van der Waals surface area contributed by atoms with Crippen LogP contribution in [0, 0.1) is 11.8 Å². The van der Waals surface area contributed by atoms with Crippen molar-refractivity contribution in [1.82, 2.24) is 9.88 Å². The number of ether oxygens (including phenoxy) is 2. The summed E-state index contributed by atoms with van der Waals surface area (Å²) in [5, 5.41) is 1.16. The Morgan fingerprint density at radius 3 is 2.83 bits per heavy atom. The lowest BCUT2D eigenvalue weighted by molar-refractivity contribution is -0.133. The van der Waals surface area contributed by atoms with E-state index in [4.69, 9.17) is 4.74 Å². The topological polar surface area (TPSA) is 71.6 Å². The van der Waals surface area contributed by atoms with Crippen LogP contribution in [0.15, 0.2) is 24.3 Å². The first-order valence-electron chi connectivity index (χ1n) is 7.66. The number of para-hydroxylation sites is 1. The van der Waals surface area contributed by atoms with Crippen LogP contribution in [-0.2, 0) is 20.7 Å². The summed E-state index contributed by atoms with van der Waals surface area (Å²) in [6, 6.07) is 7.75. The van der Waals surface area contributed by atoms with E-state index in [-0.39, 0.29) is 6.04 Å². The van der Waals surface area contributed by atoms with E-state index in [1.807, 2.05) is 18.2 Å². The Morgan fingerprint density at radius 2 is 2.08 bits per heavy atom. The zero-order valence-electron chi connectivity index (χ0n) is 13.6. The van der Waals surface area contributed by atoms with E-state index in [1.54, 1.807) is 4.90 Å². The lowest BCUT2D eigenvalue weighted by Crippen LogP contribution is -2.39. The predicted octanol–water partition coefficient (Wildman–Crippen LogP) is 2.40. The molecule has 3 rings (SSSR count). The predicted molar refractivity (Wildman–Crippen MR) is 88.3 cm³/mol. The third-order valence-corrected chi connectivity index (χ3v) is 4.24. The highest BCUT2D eigenvalue weighted by atomic mass is 16.5. The van der Waals surface area contributed by atoms with Gasteiger partial charge in [-0.15, -0.1) is 0 Å². The number of rotatable bonds is 1. The minimum absolute atomic E-state index is 0.286. The molecule has 1 aromatic heterocycles. The monoisotopic (exact) mass is 326 g/mol. The quantitative estimate of drug-likeness (QED) is 0.496. The van der Waals surface area contributed by atoms with Crippen LogP contribution in [-0.4, -0.2) is 42.7 Å². The standard InChI is InChI=1S/C18H18N2O4/c1-23-16(21)9-5-8-15-17-13(10-11-20(15)18(22)24-2)12-6-3-4-7-14(12)19-17/h3-4,6-7,15,19H,8,10-11H2,1-2H3/t15-/m0/s1. The average molecular weight is 326 g/mol. The summed E-state index contributed by atoms with van der Waals surface area (Å²) in [7, 11) is 2.65. The molecule has 1 aliphatic rings. The smallest absolute Gasteiger partial charge is 0.410 e. The molecule has 0 unspecified atom stereocenters. The second-order valence-corrected chi connectivity index (χ2v) is 5.49. The van der Waals surface area contributed by atoms with Crippen LogP contribution < -0.4 is 0 Å². The fraction of sp³-hybridized carbons (Fsp3) is 0.333. The molecule has 0 aliphatic carbocycles. The molecule has 0 spiro atoms. The van der Waals surface area contributed by atoms with Crippen LogP contribution in [0.2, 0.25) is 0 Å². The molecule has 2 heterocycles. The van der Waals surface area contributed by atoms with Crippen molar-refractivity contribution < 1.29 is 19.1 Å². The fourth-order valence-electron chi connectivity index (χ4n) is 3.14. The summed E-state index contributed by atoms with van der Waals surface area (Å²) in [6.07, 6.45) is 0.670. The zero-order valence-corrected chi connectivity index (χ0v) is 13.6. The van der Waals surface area contributed by atoms with Gasteiger partial charge in [-0.05, 0) is 18.1 Å². The zero-order chi connectivity index (χ0) is 17.1. The molecular formula is C18H18N2O4. The highest BCUT2D eigenvalue weighted by Crippen LogP contribution is 2.36. The van der Waals surface area contributed by atoms with Gasteiger partial charge in [-0.25, -0.2) is 9.59 Å². The van der Waals surface area contributed by atoms with Crippen molar-refractivity contribution in [3.05, 3.63) is 35.5 Å². The van der Waals surface area contributed by atoms with Crippen LogP contribution in [0.1, 0.15) is 23.7 Å². The number of amides is 1. The Kier molecular flexibility index (Phi) is 4.43. The Labute approximate surface area is 139 Å². The number of methoxy groups -OCH3 is 2. The van der Waals surface area contributed by atoms with Crippen molar-refractivity contribution in [1.29, 1.82) is 0 Å². The molecular weight excluding hydrogens is 308 g/mol. The summed E-state index contributed by atoms with van der Waals surface area (Å²) in [5.74, 6) is 4.63. The molecule has 0 fully saturated rings. The summed E-state index contributed by atoms with van der Waals surface area (Å²) >= 11 is 0. The third-order valence-electron chi connectivity index (χ3n) is 4.24. The minimum atomic E-state index is -0.590. The molecule has 0 saturated carbocycles. The Morgan fingerprint density at radius 1 is 1.29 bits per heavy atom. The number of aromatic nitrogens is 1. The minimum Gasteiger partial charge on any atom is -0.459 e. The van der Waals surface area contributed by atoms with E-state index >= 15 is 0 Å². The second kappa shape index (κ2) is 6.67. The molecule has 1 amide bonds. The van der Waals surface area contributed by atoms with E-state index < -0.39 is 12.1 Å². The molecule has 0 radical (unpaired) electrons. The van der Waals surface area contributed by atoms with Crippen LogP contribution in [0.5, 0.6) is 0 Å². The van der Waals surface area contributed by atoms with Gasteiger partial charge in [0.05, 0.1) is 20.3 Å². The lowest BCUT2D eigenvalue weighted by atomic mass is 9.96. The van der Waals surface area contributed by atoms with E-state index in [2.05, 4.69) is 27.6 Å². The van der Waals surface area contributed by atoms with E-state index in [9.17, 15) is 9.59 Å². The van der Waals surface area contributed by atoms with Gasteiger partial charge in [-0.3, -0.25) is 4.90 Å². The Bertz CT molecular complexity index is 844. The number of esters is 1. The van der Waals surface area contributed by atoms with Crippen LogP contribution in [0.3, 0.4) is 0 Å². The van der Waals surface area contributed by atoms with Gasteiger partial charge in [0.1, 0.15) is 0 Å².